The van der Waals surface area contributed by atoms with Crippen LogP contribution in [0.3, 0.4) is 0 Å². The van der Waals surface area contributed by atoms with E-state index < -0.39 is 5.82 Å². The normalized spacial score (nSPS) is 12.4. The van der Waals surface area contributed by atoms with E-state index in [1.807, 2.05) is 13.8 Å². The van der Waals surface area contributed by atoms with Gasteiger partial charge in [-0.15, -0.1) is 0 Å². The number of nitrogen functional groups attached to an aromatic ring is 2. The van der Waals surface area contributed by atoms with Crippen molar-refractivity contribution in [2.75, 3.05) is 16.8 Å². The van der Waals surface area contributed by atoms with Crippen LogP contribution < -0.4 is 16.8 Å². The molecule has 1 atom stereocenters. The van der Waals surface area contributed by atoms with Crippen molar-refractivity contribution < 1.29 is 8.91 Å². The summed E-state index contributed by atoms with van der Waals surface area (Å²) in [4.78, 5) is 0. The summed E-state index contributed by atoms with van der Waals surface area (Å²) in [5.74, 6) is 0.00537. The molecule has 0 fully saturated rings. The van der Waals surface area contributed by atoms with Crippen molar-refractivity contribution in [3.63, 3.8) is 0 Å². The second-order valence-electron chi connectivity index (χ2n) is 4.66. The number of hydrogen-bond donors (Lipinski definition) is 3. The molecule has 0 saturated heterocycles. The SMILES string of the molecule is Cc1noc(C)c1C(C)Nc1c(N)cc(N)c(Cl)c1F. The number of aromatic nitrogens is 1. The van der Waals surface area contributed by atoms with Crippen LogP contribution in [0.1, 0.15) is 30.0 Å². The first-order chi connectivity index (χ1) is 9.32. The second-order valence-corrected chi connectivity index (χ2v) is 5.04. The molecule has 2 aromatic rings. The van der Waals surface area contributed by atoms with E-state index in [2.05, 4.69) is 10.5 Å². The average Bonchev–Trinajstić information content (AvgIpc) is 2.71. The fourth-order valence-electron chi connectivity index (χ4n) is 2.21. The maximum atomic E-state index is 14.1. The molecule has 108 valence electrons. The molecule has 0 saturated carbocycles. The van der Waals surface area contributed by atoms with Crippen LogP contribution in [-0.4, -0.2) is 5.16 Å². The van der Waals surface area contributed by atoms with Gasteiger partial charge in [-0.3, -0.25) is 0 Å². The third kappa shape index (κ3) is 2.38. The molecule has 0 aliphatic rings. The summed E-state index contributed by atoms with van der Waals surface area (Å²) in [5.41, 5.74) is 13.4. The molecule has 0 amide bonds. The summed E-state index contributed by atoms with van der Waals surface area (Å²) in [6.45, 7) is 5.47. The highest BCUT2D eigenvalue weighted by molar-refractivity contribution is 6.33. The summed E-state index contributed by atoms with van der Waals surface area (Å²) in [6.07, 6.45) is 0. The quantitative estimate of drug-likeness (QED) is 0.755. The summed E-state index contributed by atoms with van der Waals surface area (Å²) in [7, 11) is 0. The molecule has 20 heavy (non-hydrogen) atoms. The third-order valence-corrected chi connectivity index (χ3v) is 3.53. The van der Waals surface area contributed by atoms with Crippen LogP contribution in [0.25, 0.3) is 0 Å². The number of nitrogens with zero attached hydrogens (tertiary/aromatic N) is 1. The van der Waals surface area contributed by atoms with Crippen molar-refractivity contribution in [1.29, 1.82) is 0 Å². The van der Waals surface area contributed by atoms with E-state index in [-0.39, 0.29) is 28.1 Å². The van der Waals surface area contributed by atoms with Gasteiger partial charge in [-0.1, -0.05) is 16.8 Å². The molecule has 5 nitrogen and oxygen atoms in total. The van der Waals surface area contributed by atoms with Crippen LogP contribution in [0.4, 0.5) is 21.5 Å². The van der Waals surface area contributed by atoms with E-state index in [9.17, 15) is 4.39 Å². The highest BCUT2D eigenvalue weighted by Crippen LogP contribution is 2.36. The van der Waals surface area contributed by atoms with Gasteiger partial charge in [0, 0.05) is 5.56 Å². The average molecular weight is 299 g/mol. The first-order valence-electron chi connectivity index (χ1n) is 6.05. The molecule has 5 N–H and O–H groups in total. The van der Waals surface area contributed by atoms with E-state index in [4.69, 9.17) is 27.6 Å². The molecule has 0 bridgehead atoms. The molecule has 0 aliphatic heterocycles. The number of hydrogen-bond acceptors (Lipinski definition) is 5. The number of aryl methyl sites for hydroxylation is 2. The Labute approximate surface area is 121 Å². The number of halogens is 2. The first-order valence-corrected chi connectivity index (χ1v) is 6.43. The second kappa shape index (κ2) is 5.20. The topological polar surface area (TPSA) is 90.1 Å². The zero-order chi connectivity index (χ0) is 15.0. The van der Waals surface area contributed by atoms with Gasteiger partial charge in [0.1, 0.15) is 10.8 Å². The summed E-state index contributed by atoms with van der Waals surface area (Å²) < 4.78 is 19.2. The van der Waals surface area contributed by atoms with Crippen molar-refractivity contribution in [1.82, 2.24) is 5.16 Å². The lowest BCUT2D eigenvalue weighted by Gasteiger charge is -2.18. The number of nitrogens with two attached hydrogens (primary N) is 2. The summed E-state index contributed by atoms with van der Waals surface area (Å²) in [5, 5.41) is 6.71. The van der Waals surface area contributed by atoms with Crippen molar-refractivity contribution >= 4 is 28.7 Å². The van der Waals surface area contributed by atoms with Crippen LogP contribution in [0, 0.1) is 19.7 Å². The molecule has 1 unspecified atom stereocenters. The van der Waals surface area contributed by atoms with E-state index in [1.165, 1.54) is 6.07 Å². The minimum Gasteiger partial charge on any atom is -0.397 e. The Morgan fingerprint density at radius 3 is 2.55 bits per heavy atom. The van der Waals surface area contributed by atoms with Gasteiger partial charge < -0.3 is 21.3 Å². The van der Waals surface area contributed by atoms with Crippen molar-refractivity contribution in [3.8, 4) is 0 Å². The lowest BCUT2D eigenvalue weighted by Crippen LogP contribution is -2.12. The Morgan fingerprint density at radius 2 is 2.00 bits per heavy atom. The van der Waals surface area contributed by atoms with Crippen LogP contribution >= 0.6 is 11.6 Å². The van der Waals surface area contributed by atoms with Crippen molar-refractivity contribution in [3.05, 3.63) is 33.9 Å². The third-order valence-electron chi connectivity index (χ3n) is 3.15. The number of nitrogens with one attached hydrogen (secondary N) is 1. The highest BCUT2D eigenvalue weighted by atomic mass is 35.5. The minimum atomic E-state index is -0.664. The molecular formula is C13H16ClFN4O. The van der Waals surface area contributed by atoms with Gasteiger partial charge in [0.05, 0.1) is 28.8 Å². The molecule has 0 aliphatic carbocycles. The molecule has 1 aromatic heterocycles. The largest absolute Gasteiger partial charge is 0.397 e. The number of anilines is 3. The maximum absolute atomic E-state index is 14.1. The molecule has 7 heteroatoms. The molecule has 0 spiro atoms. The zero-order valence-electron chi connectivity index (χ0n) is 11.4. The Morgan fingerprint density at radius 1 is 1.35 bits per heavy atom. The van der Waals surface area contributed by atoms with Gasteiger partial charge in [-0.2, -0.15) is 0 Å². The lowest BCUT2D eigenvalue weighted by atomic mass is 10.1. The van der Waals surface area contributed by atoms with Gasteiger partial charge in [0.2, 0.25) is 0 Å². The number of benzene rings is 1. The Bertz CT molecular complexity index is 637. The van der Waals surface area contributed by atoms with Crippen LogP contribution in [-0.2, 0) is 0 Å². The van der Waals surface area contributed by atoms with Gasteiger partial charge in [0.25, 0.3) is 0 Å². The summed E-state index contributed by atoms with van der Waals surface area (Å²) >= 11 is 5.80. The minimum absolute atomic E-state index is 0.109. The molecule has 1 heterocycles. The Kier molecular flexibility index (Phi) is 3.76. The van der Waals surface area contributed by atoms with E-state index in [1.54, 1.807) is 6.92 Å². The first kappa shape index (κ1) is 14.5. The van der Waals surface area contributed by atoms with E-state index in [0.29, 0.717) is 5.76 Å². The van der Waals surface area contributed by atoms with Gasteiger partial charge in [0.15, 0.2) is 5.82 Å². The van der Waals surface area contributed by atoms with Crippen molar-refractivity contribution in [2.24, 2.45) is 0 Å². The monoisotopic (exact) mass is 298 g/mol. The molecular weight excluding hydrogens is 283 g/mol. The predicted octanol–water partition coefficient (Wildman–Crippen LogP) is 3.42. The van der Waals surface area contributed by atoms with Gasteiger partial charge >= 0.3 is 0 Å². The maximum Gasteiger partial charge on any atom is 0.169 e. The molecule has 0 radical (unpaired) electrons. The standard InChI is InChI=1S/C13H16ClFN4O/c1-5(10-6(2)19-20-7(10)3)18-13-9(17)4-8(16)11(14)12(13)15/h4-5,18H,16-17H2,1-3H3. The Balaban J connectivity index is 2.38. The lowest BCUT2D eigenvalue weighted by molar-refractivity contribution is 0.392. The fraction of sp³-hybridized carbons (Fsp3) is 0.308. The molecule has 2 rings (SSSR count). The number of rotatable bonds is 3. The van der Waals surface area contributed by atoms with Crippen LogP contribution in [0.15, 0.2) is 10.6 Å². The fourth-order valence-corrected chi connectivity index (χ4v) is 2.36. The smallest absolute Gasteiger partial charge is 0.169 e. The highest BCUT2D eigenvalue weighted by Gasteiger charge is 2.20. The zero-order valence-corrected chi connectivity index (χ0v) is 12.2. The van der Waals surface area contributed by atoms with Crippen LogP contribution in [0.5, 0.6) is 0 Å². The van der Waals surface area contributed by atoms with Crippen molar-refractivity contribution in [2.45, 2.75) is 26.8 Å². The van der Waals surface area contributed by atoms with Gasteiger partial charge in [-0.25, -0.2) is 4.39 Å². The predicted molar refractivity (Wildman–Crippen MR) is 78.2 cm³/mol. The van der Waals surface area contributed by atoms with E-state index >= 15 is 0 Å². The van der Waals surface area contributed by atoms with E-state index in [0.717, 1.165) is 11.3 Å². The molecule has 1 aromatic carbocycles. The summed E-state index contributed by atoms with van der Waals surface area (Å²) in [6, 6.07) is 1.19. The van der Waals surface area contributed by atoms with Crippen LogP contribution in [0.2, 0.25) is 5.02 Å². The Hall–Kier alpha value is -1.95. The van der Waals surface area contributed by atoms with Gasteiger partial charge in [-0.05, 0) is 26.8 Å².